The van der Waals surface area contributed by atoms with Gasteiger partial charge in [0.2, 0.25) is 0 Å². The molecule has 1 N–H and O–H groups in total. The molecule has 1 heterocycles. The molecule has 0 aliphatic heterocycles. The number of nitriles is 1. The molecule has 122 valence electrons. The number of nitrogens with one attached hydrogen (secondary N) is 1. The van der Waals surface area contributed by atoms with E-state index in [4.69, 9.17) is 10.00 Å². The Labute approximate surface area is 138 Å². The smallest absolute Gasteiger partial charge is 0.355 e. The molecule has 0 atom stereocenters. The van der Waals surface area contributed by atoms with E-state index in [1.165, 1.54) is 23.8 Å². The number of hydrogen-bond acceptors (Lipinski definition) is 5. The number of rotatable bonds is 5. The number of aryl methyl sites for hydroxylation is 1. The van der Waals surface area contributed by atoms with E-state index in [2.05, 4.69) is 5.32 Å². The van der Waals surface area contributed by atoms with Gasteiger partial charge in [-0.15, -0.1) is 0 Å². The highest BCUT2D eigenvalue weighted by Crippen LogP contribution is 2.11. The molecule has 0 aliphatic rings. The van der Waals surface area contributed by atoms with E-state index in [0.29, 0.717) is 16.8 Å². The molecule has 0 aliphatic carbocycles. The van der Waals surface area contributed by atoms with Crippen LogP contribution in [-0.4, -0.2) is 28.8 Å². The van der Waals surface area contributed by atoms with E-state index in [-0.39, 0.29) is 11.5 Å². The summed E-state index contributed by atoms with van der Waals surface area (Å²) in [5.41, 5.74) is 1.55. The Kier molecular flexibility index (Phi) is 5.12. The van der Waals surface area contributed by atoms with Gasteiger partial charge in [-0.25, -0.2) is 4.79 Å². The number of benzene rings is 1. The first kappa shape index (κ1) is 17.0. The minimum atomic E-state index is -0.694. The lowest BCUT2D eigenvalue weighted by atomic mass is 10.2. The van der Waals surface area contributed by atoms with Gasteiger partial charge in [-0.1, -0.05) is 0 Å². The van der Waals surface area contributed by atoms with Gasteiger partial charge in [0.1, 0.15) is 5.69 Å². The van der Waals surface area contributed by atoms with Gasteiger partial charge in [-0.2, -0.15) is 5.26 Å². The molecule has 0 saturated heterocycles. The average Bonchev–Trinajstić information content (AvgIpc) is 2.95. The summed E-state index contributed by atoms with van der Waals surface area (Å²) in [6.45, 7) is 0.939. The fourth-order valence-corrected chi connectivity index (χ4v) is 1.99. The van der Waals surface area contributed by atoms with Crippen LogP contribution in [0, 0.1) is 11.3 Å². The molecule has 0 unspecified atom stereocenters. The van der Waals surface area contributed by atoms with Crippen LogP contribution in [0.3, 0.4) is 0 Å². The van der Waals surface area contributed by atoms with Crippen LogP contribution in [0.25, 0.3) is 0 Å². The maximum absolute atomic E-state index is 12.0. The quantitative estimate of drug-likeness (QED) is 0.668. The number of esters is 1. The number of Topliss-reactive ketones (excluding diaryl/α,β-unsaturated/α-hetero) is 1. The number of carbonyl (C=O) groups excluding carboxylic acids is 3. The molecule has 1 aromatic carbocycles. The summed E-state index contributed by atoms with van der Waals surface area (Å²) >= 11 is 0. The van der Waals surface area contributed by atoms with E-state index >= 15 is 0 Å². The van der Waals surface area contributed by atoms with Crippen LogP contribution in [0.1, 0.15) is 33.3 Å². The fraction of sp³-hybridized carbons (Fsp3) is 0.176. The SMILES string of the molecule is CC(=O)c1cc(C(=O)OCC(=O)Nc2ccc(C#N)cc2)n(C)c1. The molecule has 0 radical (unpaired) electrons. The fourth-order valence-electron chi connectivity index (χ4n) is 1.99. The van der Waals surface area contributed by atoms with Crippen molar-refractivity contribution in [3.63, 3.8) is 0 Å². The molecule has 1 aromatic heterocycles. The summed E-state index contributed by atoms with van der Waals surface area (Å²) < 4.78 is 6.42. The Morgan fingerprint density at radius 1 is 1.25 bits per heavy atom. The molecular formula is C17H15N3O4. The standard InChI is InChI=1S/C17H15N3O4/c1-11(21)13-7-15(20(2)9-13)17(23)24-10-16(22)19-14-5-3-12(8-18)4-6-14/h3-7,9H,10H2,1-2H3,(H,19,22). The predicted octanol–water partition coefficient (Wildman–Crippen LogP) is 1.89. The maximum Gasteiger partial charge on any atom is 0.355 e. The van der Waals surface area contributed by atoms with Gasteiger partial charge in [0.25, 0.3) is 5.91 Å². The van der Waals surface area contributed by atoms with Gasteiger partial charge >= 0.3 is 5.97 Å². The summed E-state index contributed by atoms with van der Waals surface area (Å²) in [5.74, 6) is -1.36. The van der Waals surface area contributed by atoms with Gasteiger partial charge in [0, 0.05) is 24.5 Å². The Balaban J connectivity index is 1.92. The lowest BCUT2D eigenvalue weighted by Gasteiger charge is -2.07. The van der Waals surface area contributed by atoms with Gasteiger partial charge in [-0.3, -0.25) is 9.59 Å². The number of ketones is 1. The number of carbonyl (C=O) groups is 3. The lowest BCUT2D eigenvalue weighted by molar-refractivity contribution is -0.119. The number of ether oxygens (including phenoxy) is 1. The van der Waals surface area contributed by atoms with E-state index in [9.17, 15) is 14.4 Å². The van der Waals surface area contributed by atoms with Crippen molar-refractivity contribution < 1.29 is 19.1 Å². The van der Waals surface area contributed by atoms with Crippen LogP contribution < -0.4 is 5.32 Å². The zero-order valence-electron chi connectivity index (χ0n) is 13.2. The van der Waals surface area contributed by atoms with Gasteiger partial charge in [-0.05, 0) is 37.3 Å². The summed E-state index contributed by atoms with van der Waals surface area (Å²) in [6, 6.07) is 9.68. The van der Waals surface area contributed by atoms with Gasteiger partial charge in [0.15, 0.2) is 12.4 Å². The van der Waals surface area contributed by atoms with Crippen LogP contribution in [-0.2, 0) is 16.6 Å². The molecule has 2 aromatic rings. The third kappa shape index (κ3) is 4.08. The molecule has 24 heavy (non-hydrogen) atoms. The van der Waals surface area contributed by atoms with Crippen LogP contribution in [0.4, 0.5) is 5.69 Å². The van der Waals surface area contributed by atoms with Crippen LogP contribution in [0.5, 0.6) is 0 Å². The third-order valence-electron chi connectivity index (χ3n) is 3.25. The number of nitrogens with zero attached hydrogens (tertiary/aromatic N) is 2. The monoisotopic (exact) mass is 325 g/mol. The summed E-state index contributed by atoms with van der Waals surface area (Å²) in [6.07, 6.45) is 1.52. The van der Waals surface area contributed by atoms with Crippen molar-refractivity contribution in [2.75, 3.05) is 11.9 Å². The second-order valence-corrected chi connectivity index (χ2v) is 5.09. The molecule has 7 heteroatoms. The van der Waals surface area contributed by atoms with Crippen molar-refractivity contribution in [2.24, 2.45) is 7.05 Å². The first-order valence-corrected chi connectivity index (χ1v) is 7.05. The lowest BCUT2D eigenvalue weighted by Crippen LogP contribution is -2.21. The second-order valence-electron chi connectivity index (χ2n) is 5.09. The number of anilines is 1. The van der Waals surface area contributed by atoms with Gasteiger partial charge in [0.05, 0.1) is 11.6 Å². The van der Waals surface area contributed by atoms with Gasteiger partial charge < -0.3 is 14.6 Å². The number of aromatic nitrogens is 1. The number of amides is 1. The van der Waals surface area contributed by atoms with E-state index in [1.807, 2.05) is 6.07 Å². The minimum Gasteiger partial charge on any atom is -0.451 e. The Morgan fingerprint density at radius 3 is 2.46 bits per heavy atom. The largest absolute Gasteiger partial charge is 0.451 e. The average molecular weight is 325 g/mol. The van der Waals surface area contributed by atoms with Crippen molar-refractivity contribution in [2.45, 2.75) is 6.92 Å². The van der Waals surface area contributed by atoms with Crippen molar-refractivity contribution in [3.05, 3.63) is 53.3 Å². The molecule has 2 rings (SSSR count). The minimum absolute atomic E-state index is 0.164. The van der Waals surface area contributed by atoms with E-state index < -0.39 is 18.5 Å². The maximum atomic E-state index is 12.0. The Hall–Kier alpha value is -3.40. The number of hydrogen-bond donors (Lipinski definition) is 1. The van der Waals surface area contributed by atoms with E-state index in [1.54, 1.807) is 31.3 Å². The second kappa shape index (κ2) is 7.24. The van der Waals surface area contributed by atoms with Crippen molar-refractivity contribution in [1.29, 1.82) is 5.26 Å². The zero-order chi connectivity index (χ0) is 17.7. The van der Waals surface area contributed by atoms with Crippen molar-refractivity contribution >= 4 is 23.3 Å². The molecule has 0 saturated carbocycles. The van der Waals surface area contributed by atoms with E-state index in [0.717, 1.165) is 0 Å². The highest BCUT2D eigenvalue weighted by Gasteiger charge is 2.16. The molecule has 1 amide bonds. The predicted molar refractivity (Wildman–Crippen MR) is 85.5 cm³/mol. The first-order chi connectivity index (χ1) is 11.4. The Morgan fingerprint density at radius 2 is 1.92 bits per heavy atom. The molecule has 0 spiro atoms. The molecular weight excluding hydrogens is 310 g/mol. The molecule has 0 bridgehead atoms. The highest BCUT2D eigenvalue weighted by atomic mass is 16.5. The van der Waals surface area contributed by atoms with Crippen LogP contribution >= 0.6 is 0 Å². The Bertz CT molecular complexity index is 829. The first-order valence-electron chi connectivity index (χ1n) is 7.05. The topological polar surface area (TPSA) is 101 Å². The zero-order valence-corrected chi connectivity index (χ0v) is 13.2. The highest BCUT2D eigenvalue weighted by molar-refractivity contribution is 5.98. The van der Waals surface area contributed by atoms with Crippen molar-refractivity contribution in [1.82, 2.24) is 4.57 Å². The van der Waals surface area contributed by atoms with Crippen molar-refractivity contribution in [3.8, 4) is 6.07 Å². The molecule has 0 fully saturated rings. The summed E-state index contributed by atoms with van der Waals surface area (Å²) in [4.78, 5) is 35.1. The third-order valence-corrected chi connectivity index (χ3v) is 3.25. The molecule has 7 nitrogen and oxygen atoms in total. The summed E-state index contributed by atoms with van der Waals surface area (Å²) in [7, 11) is 1.61. The normalized spacial score (nSPS) is 9.88. The summed E-state index contributed by atoms with van der Waals surface area (Å²) in [5, 5.41) is 11.3. The van der Waals surface area contributed by atoms with Crippen LogP contribution in [0.2, 0.25) is 0 Å². The van der Waals surface area contributed by atoms with Crippen LogP contribution in [0.15, 0.2) is 36.5 Å².